The number of benzene rings is 1. The van der Waals surface area contributed by atoms with Crippen molar-refractivity contribution in [2.24, 2.45) is 5.92 Å². The van der Waals surface area contributed by atoms with Crippen molar-refractivity contribution in [1.29, 1.82) is 0 Å². The second-order valence-electron chi connectivity index (χ2n) is 5.43. The van der Waals surface area contributed by atoms with E-state index in [-0.39, 0.29) is 6.10 Å². The van der Waals surface area contributed by atoms with Crippen LogP contribution in [-0.4, -0.2) is 34.5 Å². The molecule has 0 aliphatic carbocycles. The van der Waals surface area contributed by atoms with E-state index in [9.17, 15) is 5.11 Å². The molecule has 19 heavy (non-hydrogen) atoms. The van der Waals surface area contributed by atoms with E-state index in [4.69, 9.17) is 5.73 Å². The minimum absolute atomic E-state index is 0.213. The smallest absolute Gasteiger partial charge is 0.0672 e. The van der Waals surface area contributed by atoms with Crippen LogP contribution in [0, 0.1) is 5.92 Å². The number of rotatable bonds is 2. The molecule has 1 unspecified atom stereocenters. The molecule has 3 rings (SSSR count). The third kappa shape index (κ3) is 2.26. The highest BCUT2D eigenvalue weighted by Gasteiger charge is 2.23. The van der Waals surface area contributed by atoms with Crippen molar-refractivity contribution in [3.8, 4) is 0 Å². The number of piperidine rings is 1. The first-order chi connectivity index (χ1) is 9.15. The fraction of sp³-hybridized carbons (Fsp3) is 0.500. The van der Waals surface area contributed by atoms with Crippen LogP contribution in [0.15, 0.2) is 18.3 Å². The highest BCUT2D eigenvalue weighted by molar-refractivity contribution is 5.88. The first-order valence-corrected chi connectivity index (χ1v) is 6.81. The van der Waals surface area contributed by atoms with Gasteiger partial charge in [-0.05, 0) is 37.8 Å². The van der Waals surface area contributed by atoms with Gasteiger partial charge in [-0.1, -0.05) is 0 Å². The van der Waals surface area contributed by atoms with E-state index in [1.54, 1.807) is 6.20 Å². The zero-order chi connectivity index (χ0) is 13.4. The van der Waals surface area contributed by atoms with Gasteiger partial charge in [0.05, 0.1) is 29.2 Å². The molecule has 102 valence electrons. The van der Waals surface area contributed by atoms with E-state index in [1.807, 2.05) is 13.0 Å². The van der Waals surface area contributed by atoms with Gasteiger partial charge in [0.15, 0.2) is 0 Å². The molecule has 1 atom stereocenters. The lowest BCUT2D eigenvalue weighted by atomic mass is 9.92. The van der Waals surface area contributed by atoms with Crippen LogP contribution >= 0.6 is 0 Å². The summed E-state index contributed by atoms with van der Waals surface area (Å²) in [6.07, 6.45) is 3.60. The lowest BCUT2D eigenvalue weighted by Crippen LogP contribution is -2.37. The van der Waals surface area contributed by atoms with Gasteiger partial charge in [-0.2, -0.15) is 5.10 Å². The molecule has 0 bridgehead atoms. The maximum Gasteiger partial charge on any atom is 0.0672 e. The Labute approximate surface area is 112 Å². The van der Waals surface area contributed by atoms with E-state index in [1.165, 1.54) is 0 Å². The van der Waals surface area contributed by atoms with E-state index in [2.05, 4.69) is 21.2 Å². The summed E-state index contributed by atoms with van der Waals surface area (Å²) < 4.78 is 0. The van der Waals surface area contributed by atoms with Crippen molar-refractivity contribution in [3.05, 3.63) is 18.3 Å². The molecular weight excluding hydrogens is 240 g/mol. The normalized spacial score (nSPS) is 18.9. The van der Waals surface area contributed by atoms with Crippen molar-refractivity contribution in [2.45, 2.75) is 25.9 Å². The van der Waals surface area contributed by atoms with E-state index in [0.717, 1.165) is 48.2 Å². The number of hydrogen-bond donors (Lipinski definition) is 3. The number of nitrogens with two attached hydrogens (primary N) is 1. The minimum Gasteiger partial charge on any atom is -0.397 e. The number of aliphatic hydroxyl groups excluding tert-OH is 1. The summed E-state index contributed by atoms with van der Waals surface area (Å²) in [5, 5.41) is 17.7. The van der Waals surface area contributed by atoms with Crippen molar-refractivity contribution in [1.82, 2.24) is 10.2 Å². The predicted octanol–water partition coefficient (Wildman–Crippen LogP) is 1.74. The number of aromatic nitrogens is 2. The monoisotopic (exact) mass is 260 g/mol. The van der Waals surface area contributed by atoms with Gasteiger partial charge >= 0.3 is 0 Å². The zero-order valence-electron chi connectivity index (χ0n) is 11.1. The third-order valence-corrected chi connectivity index (χ3v) is 4.15. The van der Waals surface area contributed by atoms with Crippen LogP contribution in [0.1, 0.15) is 19.8 Å². The Bertz CT molecular complexity index is 570. The van der Waals surface area contributed by atoms with Crippen molar-refractivity contribution >= 4 is 22.3 Å². The third-order valence-electron chi connectivity index (χ3n) is 4.15. The number of aromatic amines is 1. The van der Waals surface area contributed by atoms with Gasteiger partial charge in [0, 0.05) is 18.5 Å². The SMILES string of the molecule is CC(O)C1CCN(c2cc3[nH]ncc3cc2N)CC1. The lowest BCUT2D eigenvalue weighted by molar-refractivity contribution is 0.110. The fourth-order valence-corrected chi connectivity index (χ4v) is 2.89. The second-order valence-corrected chi connectivity index (χ2v) is 5.43. The molecule has 0 spiro atoms. The van der Waals surface area contributed by atoms with Crippen LogP contribution in [0.25, 0.3) is 10.9 Å². The molecule has 0 saturated carbocycles. The van der Waals surface area contributed by atoms with E-state index >= 15 is 0 Å². The Kier molecular flexibility index (Phi) is 3.06. The Morgan fingerprint density at radius 2 is 2.16 bits per heavy atom. The summed E-state index contributed by atoms with van der Waals surface area (Å²) >= 11 is 0. The van der Waals surface area contributed by atoms with Crippen LogP contribution in [0.3, 0.4) is 0 Å². The highest BCUT2D eigenvalue weighted by atomic mass is 16.3. The average molecular weight is 260 g/mol. The molecule has 0 radical (unpaired) electrons. The first kappa shape index (κ1) is 12.3. The first-order valence-electron chi connectivity index (χ1n) is 6.81. The number of H-pyrrole nitrogens is 1. The summed E-state index contributed by atoms with van der Waals surface area (Å²) in [6.45, 7) is 3.77. The maximum absolute atomic E-state index is 9.65. The van der Waals surface area contributed by atoms with Crippen LogP contribution < -0.4 is 10.6 Å². The Hall–Kier alpha value is -1.75. The van der Waals surface area contributed by atoms with Crippen LogP contribution in [-0.2, 0) is 0 Å². The molecule has 4 N–H and O–H groups in total. The molecule has 5 heteroatoms. The average Bonchev–Trinajstić information content (AvgIpc) is 2.85. The van der Waals surface area contributed by atoms with Crippen LogP contribution in [0.2, 0.25) is 0 Å². The summed E-state index contributed by atoms with van der Waals surface area (Å²) in [5.74, 6) is 0.411. The highest BCUT2D eigenvalue weighted by Crippen LogP contribution is 2.32. The number of anilines is 2. The van der Waals surface area contributed by atoms with Gasteiger partial charge in [-0.15, -0.1) is 0 Å². The van der Waals surface area contributed by atoms with Gasteiger partial charge in [0.1, 0.15) is 0 Å². The van der Waals surface area contributed by atoms with Gasteiger partial charge in [0.2, 0.25) is 0 Å². The number of nitrogens with zero attached hydrogens (tertiary/aromatic N) is 2. The lowest BCUT2D eigenvalue weighted by Gasteiger charge is -2.35. The largest absolute Gasteiger partial charge is 0.397 e. The second kappa shape index (κ2) is 4.74. The van der Waals surface area contributed by atoms with Gasteiger partial charge in [-0.25, -0.2) is 0 Å². The molecule has 1 aromatic carbocycles. The number of hydrogen-bond acceptors (Lipinski definition) is 4. The molecule has 1 aliphatic rings. The molecule has 1 fully saturated rings. The summed E-state index contributed by atoms with van der Waals surface area (Å²) in [5.41, 5.74) is 9.02. The minimum atomic E-state index is -0.213. The quantitative estimate of drug-likeness (QED) is 0.719. The fourth-order valence-electron chi connectivity index (χ4n) is 2.89. The molecule has 2 aromatic rings. The number of aliphatic hydroxyl groups is 1. The molecule has 1 saturated heterocycles. The Morgan fingerprint density at radius 1 is 1.42 bits per heavy atom. The number of nitrogen functional groups attached to an aromatic ring is 1. The molecule has 1 aliphatic heterocycles. The maximum atomic E-state index is 9.65. The Morgan fingerprint density at radius 3 is 2.84 bits per heavy atom. The van der Waals surface area contributed by atoms with Crippen LogP contribution in [0.4, 0.5) is 11.4 Å². The standard InChI is InChI=1S/C14H20N4O/c1-9(19)10-2-4-18(5-3-10)14-7-13-11(6-12(14)15)8-16-17-13/h6-10,19H,2-5,15H2,1H3,(H,16,17). The van der Waals surface area contributed by atoms with Crippen molar-refractivity contribution in [3.63, 3.8) is 0 Å². The van der Waals surface area contributed by atoms with E-state index < -0.39 is 0 Å². The van der Waals surface area contributed by atoms with Crippen molar-refractivity contribution in [2.75, 3.05) is 23.7 Å². The molecule has 5 nitrogen and oxygen atoms in total. The van der Waals surface area contributed by atoms with Crippen molar-refractivity contribution < 1.29 is 5.11 Å². The summed E-state index contributed by atoms with van der Waals surface area (Å²) in [4.78, 5) is 2.30. The molecule has 0 amide bonds. The predicted molar refractivity (Wildman–Crippen MR) is 77.1 cm³/mol. The number of nitrogens with one attached hydrogen (secondary N) is 1. The summed E-state index contributed by atoms with van der Waals surface area (Å²) in [6, 6.07) is 4.04. The Balaban J connectivity index is 1.83. The summed E-state index contributed by atoms with van der Waals surface area (Å²) in [7, 11) is 0. The topological polar surface area (TPSA) is 78.2 Å². The molecule has 1 aromatic heterocycles. The van der Waals surface area contributed by atoms with Gasteiger partial charge < -0.3 is 15.7 Å². The molecule has 2 heterocycles. The van der Waals surface area contributed by atoms with Gasteiger partial charge in [-0.3, -0.25) is 5.10 Å². The van der Waals surface area contributed by atoms with Crippen LogP contribution in [0.5, 0.6) is 0 Å². The zero-order valence-corrected chi connectivity index (χ0v) is 11.1. The number of fused-ring (bicyclic) bond motifs is 1. The molecular formula is C14H20N4O. The van der Waals surface area contributed by atoms with E-state index in [0.29, 0.717) is 5.92 Å². The van der Waals surface area contributed by atoms with Gasteiger partial charge in [0.25, 0.3) is 0 Å².